The van der Waals surface area contributed by atoms with Crippen molar-refractivity contribution in [1.29, 1.82) is 0 Å². The van der Waals surface area contributed by atoms with E-state index in [4.69, 9.17) is 0 Å². The van der Waals surface area contributed by atoms with Crippen molar-refractivity contribution >= 4 is 0 Å². The molecule has 0 bridgehead atoms. The maximum absolute atomic E-state index is 13.8. The third kappa shape index (κ3) is 2.98. The Labute approximate surface area is 98.5 Å². The molecule has 0 aliphatic heterocycles. The van der Waals surface area contributed by atoms with Crippen LogP contribution < -0.4 is 5.32 Å². The zero-order valence-corrected chi connectivity index (χ0v) is 9.80. The second kappa shape index (κ2) is 5.06. The van der Waals surface area contributed by atoms with E-state index in [2.05, 4.69) is 5.32 Å². The highest BCUT2D eigenvalue weighted by Crippen LogP contribution is 2.36. The summed E-state index contributed by atoms with van der Waals surface area (Å²) < 4.78 is 40.2. The van der Waals surface area contributed by atoms with E-state index in [0.717, 1.165) is 31.2 Å². The molecule has 0 spiro atoms. The Hall–Kier alpha value is -1.07. The van der Waals surface area contributed by atoms with Gasteiger partial charge in [-0.2, -0.15) is 0 Å². The Morgan fingerprint density at radius 1 is 1.24 bits per heavy atom. The molecule has 1 rings (SSSR count). The van der Waals surface area contributed by atoms with Gasteiger partial charge in [0.05, 0.1) is 6.54 Å². The van der Waals surface area contributed by atoms with Crippen LogP contribution in [0.3, 0.4) is 0 Å². The molecule has 0 radical (unpaired) electrons. The predicted octanol–water partition coefficient (Wildman–Crippen LogP) is 2.28. The standard InChI is InChI=1S/C12H16F3NO/c1-3-16-8-12(14,15)11(2,17)9-4-6-10(13)7-5-9/h4-7,16-17H,3,8H2,1-2H3. The molecule has 1 atom stereocenters. The molecule has 0 aromatic heterocycles. The SMILES string of the molecule is CCNCC(F)(F)C(C)(O)c1ccc(F)cc1. The number of rotatable bonds is 5. The van der Waals surface area contributed by atoms with E-state index in [0.29, 0.717) is 6.54 Å². The molecule has 0 heterocycles. The summed E-state index contributed by atoms with van der Waals surface area (Å²) in [6, 6.07) is 4.42. The Kier molecular flexibility index (Phi) is 4.16. The van der Waals surface area contributed by atoms with Crippen molar-refractivity contribution in [2.24, 2.45) is 0 Å². The van der Waals surface area contributed by atoms with Crippen LogP contribution >= 0.6 is 0 Å². The van der Waals surface area contributed by atoms with Crippen LogP contribution in [0.1, 0.15) is 19.4 Å². The maximum Gasteiger partial charge on any atom is 0.292 e. The van der Waals surface area contributed by atoms with Gasteiger partial charge in [-0.1, -0.05) is 19.1 Å². The van der Waals surface area contributed by atoms with Crippen LogP contribution in [-0.2, 0) is 5.60 Å². The van der Waals surface area contributed by atoms with Gasteiger partial charge in [-0.25, -0.2) is 13.2 Å². The smallest absolute Gasteiger partial charge is 0.292 e. The van der Waals surface area contributed by atoms with E-state index >= 15 is 0 Å². The molecule has 1 aromatic rings. The fourth-order valence-electron chi connectivity index (χ4n) is 1.44. The van der Waals surface area contributed by atoms with Gasteiger partial charge in [0.1, 0.15) is 5.82 Å². The molecule has 0 saturated carbocycles. The van der Waals surface area contributed by atoms with Crippen molar-refractivity contribution in [3.8, 4) is 0 Å². The van der Waals surface area contributed by atoms with E-state index in [1.165, 1.54) is 0 Å². The summed E-state index contributed by atoms with van der Waals surface area (Å²) in [4.78, 5) is 0. The molecule has 0 amide bonds. The Balaban J connectivity index is 2.96. The summed E-state index contributed by atoms with van der Waals surface area (Å²) in [5.41, 5.74) is -2.34. The first-order valence-corrected chi connectivity index (χ1v) is 5.38. The van der Waals surface area contributed by atoms with Gasteiger partial charge in [0.15, 0.2) is 5.60 Å². The van der Waals surface area contributed by atoms with Crippen molar-refractivity contribution in [3.05, 3.63) is 35.6 Å². The minimum atomic E-state index is -3.33. The summed E-state index contributed by atoms with van der Waals surface area (Å²) in [5.74, 6) is -3.86. The number of alkyl halides is 2. The van der Waals surface area contributed by atoms with Gasteiger partial charge in [0, 0.05) is 0 Å². The van der Waals surface area contributed by atoms with Gasteiger partial charge in [-0.15, -0.1) is 0 Å². The quantitative estimate of drug-likeness (QED) is 0.836. The molecule has 1 aromatic carbocycles. The minimum absolute atomic E-state index is 0.0122. The number of benzene rings is 1. The van der Waals surface area contributed by atoms with Crippen molar-refractivity contribution in [1.82, 2.24) is 5.32 Å². The average Bonchev–Trinajstić information content (AvgIpc) is 2.27. The lowest BCUT2D eigenvalue weighted by Gasteiger charge is -2.33. The van der Waals surface area contributed by atoms with E-state index in [1.807, 2.05) is 0 Å². The highest BCUT2D eigenvalue weighted by Gasteiger charge is 2.49. The van der Waals surface area contributed by atoms with Crippen molar-refractivity contribution in [2.75, 3.05) is 13.1 Å². The van der Waals surface area contributed by atoms with Gasteiger partial charge in [0.25, 0.3) is 5.92 Å². The second-order valence-electron chi connectivity index (χ2n) is 4.06. The molecule has 0 aliphatic carbocycles. The van der Waals surface area contributed by atoms with Crippen LogP contribution in [0.2, 0.25) is 0 Å². The van der Waals surface area contributed by atoms with Gasteiger partial charge < -0.3 is 10.4 Å². The van der Waals surface area contributed by atoms with E-state index in [9.17, 15) is 18.3 Å². The summed E-state index contributed by atoms with van der Waals surface area (Å²) in [7, 11) is 0. The van der Waals surface area contributed by atoms with Crippen LogP contribution in [0, 0.1) is 5.82 Å². The molecule has 96 valence electrons. The first-order chi connectivity index (χ1) is 7.81. The van der Waals surface area contributed by atoms with Gasteiger partial charge in [-0.3, -0.25) is 0 Å². The molecular weight excluding hydrogens is 231 g/mol. The molecule has 0 saturated heterocycles. The van der Waals surface area contributed by atoms with Gasteiger partial charge in [0.2, 0.25) is 0 Å². The molecular formula is C12H16F3NO. The number of aliphatic hydroxyl groups is 1. The van der Waals surface area contributed by atoms with E-state index in [1.54, 1.807) is 6.92 Å². The fraction of sp³-hybridized carbons (Fsp3) is 0.500. The number of halogens is 3. The van der Waals surface area contributed by atoms with Crippen LogP contribution in [0.25, 0.3) is 0 Å². The molecule has 0 aliphatic rings. The number of nitrogens with one attached hydrogen (secondary N) is 1. The molecule has 2 N–H and O–H groups in total. The number of hydrogen-bond acceptors (Lipinski definition) is 2. The van der Waals surface area contributed by atoms with Crippen molar-refractivity contribution in [3.63, 3.8) is 0 Å². The minimum Gasteiger partial charge on any atom is -0.379 e. The van der Waals surface area contributed by atoms with Gasteiger partial charge in [-0.05, 0) is 31.2 Å². The number of hydrogen-bond donors (Lipinski definition) is 2. The van der Waals surface area contributed by atoms with Crippen LogP contribution in [0.5, 0.6) is 0 Å². The molecule has 1 unspecified atom stereocenters. The highest BCUT2D eigenvalue weighted by molar-refractivity contribution is 5.25. The molecule has 17 heavy (non-hydrogen) atoms. The Bertz CT molecular complexity index is 363. The van der Waals surface area contributed by atoms with E-state index in [-0.39, 0.29) is 5.56 Å². The van der Waals surface area contributed by atoms with Crippen molar-refractivity contribution < 1.29 is 18.3 Å². The van der Waals surface area contributed by atoms with Crippen molar-refractivity contribution in [2.45, 2.75) is 25.4 Å². The normalized spacial score (nSPS) is 15.6. The van der Waals surface area contributed by atoms with Gasteiger partial charge >= 0.3 is 0 Å². The zero-order valence-electron chi connectivity index (χ0n) is 9.80. The lowest BCUT2D eigenvalue weighted by molar-refractivity contribution is -0.174. The second-order valence-corrected chi connectivity index (χ2v) is 4.06. The summed E-state index contributed by atoms with van der Waals surface area (Å²) in [6.45, 7) is 2.48. The third-order valence-electron chi connectivity index (χ3n) is 2.72. The summed E-state index contributed by atoms with van der Waals surface area (Å²) in [6.07, 6.45) is 0. The topological polar surface area (TPSA) is 32.3 Å². The third-order valence-corrected chi connectivity index (χ3v) is 2.72. The Morgan fingerprint density at radius 2 is 1.76 bits per heavy atom. The van der Waals surface area contributed by atoms with Crippen LogP contribution in [0.4, 0.5) is 13.2 Å². The largest absolute Gasteiger partial charge is 0.379 e. The molecule has 0 fully saturated rings. The first-order valence-electron chi connectivity index (χ1n) is 5.38. The van der Waals surface area contributed by atoms with Crippen LogP contribution in [-0.4, -0.2) is 24.1 Å². The average molecular weight is 247 g/mol. The Morgan fingerprint density at radius 3 is 2.24 bits per heavy atom. The summed E-state index contributed by atoms with van der Waals surface area (Å²) >= 11 is 0. The maximum atomic E-state index is 13.8. The van der Waals surface area contributed by atoms with E-state index < -0.39 is 23.9 Å². The predicted molar refractivity (Wildman–Crippen MR) is 59.5 cm³/mol. The molecule has 2 nitrogen and oxygen atoms in total. The fourth-order valence-corrected chi connectivity index (χ4v) is 1.44. The summed E-state index contributed by atoms with van der Waals surface area (Å²) in [5, 5.41) is 12.4. The lowest BCUT2D eigenvalue weighted by Crippen LogP contribution is -2.49. The highest BCUT2D eigenvalue weighted by atomic mass is 19.3. The monoisotopic (exact) mass is 247 g/mol. The zero-order chi connectivity index (χ0) is 13.1. The molecule has 5 heteroatoms. The lowest BCUT2D eigenvalue weighted by atomic mass is 9.89. The van der Waals surface area contributed by atoms with Crippen LogP contribution in [0.15, 0.2) is 24.3 Å². The first kappa shape index (κ1) is 14.0.